The number of aromatic nitrogens is 1. The lowest BCUT2D eigenvalue weighted by Crippen LogP contribution is -2.39. The highest BCUT2D eigenvalue weighted by molar-refractivity contribution is 5.80. The van der Waals surface area contributed by atoms with E-state index in [1.807, 2.05) is 24.4 Å². The monoisotopic (exact) mass is 306 g/mol. The Bertz CT molecular complexity index is 755. The van der Waals surface area contributed by atoms with E-state index in [4.69, 9.17) is 5.73 Å². The Morgan fingerprint density at radius 1 is 1.30 bits per heavy atom. The Balaban J connectivity index is 1.82. The standard InChI is InChI=1S/C20H22N2O/c1-13-5-6-15(11-16(13)18-4-2-3-9-22-18)20-8-7-14(12-20)10-17(20)19(21)23/h2-6,9,11,14,17H,7-8,10,12H2,1H3,(H2,21,23). The van der Waals surface area contributed by atoms with Crippen LogP contribution in [0.5, 0.6) is 0 Å². The van der Waals surface area contributed by atoms with Gasteiger partial charge in [-0.2, -0.15) is 0 Å². The van der Waals surface area contributed by atoms with Gasteiger partial charge in [0.1, 0.15) is 0 Å². The average Bonchev–Trinajstić information content (AvgIpc) is 3.15. The molecule has 1 aromatic carbocycles. The van der Waals surface area contributed by atoms with Crippen molar-refractivity contribution in [3.63, 3.8) is 0 Å². The van der Waals surface area contributed by atoms with Crippen LogP contribution in [-0.2, 0) is 10.2 Å². The van der Waals surface area contributed by atoms with Gasteiger partial charge in [0.25, 0.3) is 0 Å². The van der Waals surface area contributed by atoms with E-state index in [-0.39, 0.29) is 17.2 Å². The van der Waals surface area contributed by atoms with Gasteiger partial charge in [-0.05, 0) is 67.9 Å². The van der Waals surface area contributed by atoms with Gasteiger partial charge in [-0.15, -0.1) is 0 Å². The van der Waals surface area contributed by atoms with Crippen LogP contribution in [0.15, 0.2) is 42.6 Å². The van der Waals surface area contributed by atoms with E-state index < -0.39 is 0 Å². The van der Waals surface area contributed by atoms with Crippen molar-refractivity contribution in [2.75, 3.05) is 0 Å². The molecule has 2 bridgehead atoms. The van der Waals surface area contributed by atoms with Crippen molar-refractivity contribution in [3.05, 3.63) is 53.7 Å². The molecule has 3 nitrogen and oxygen atoms in total. The Morgan fingerprint density at radius 2 is 2.17 bits per heavy atom. The molecule has 0 spiro atoms. The van der Waals surface area contributed by atoms with Gasteiger partial charge in [-0.3, -0.25) is 9.78 Å². The summed E-state index contributed by atoms with van der Waals surface area (Å²) in [7, 11) is 0. The van der Waals surface area contributed by atoms with Gasteiger partial charge in [0.2, 0.25) is 5.91 Å². The first-order valence-electron chi connectivity index (χ1n) is 8.42. The number of hydrogen-bond acceptors (Lipinski definition) is 2. The molecule has 3 unspecified atom stereocenters. The Morgan fingerprint density at radius 3 is 2.87 bits per heavy atom. The molecule has 2 N–H and O–H groups in total. The summed E-state index contributed by atoms with van der Waals surface area (Å²) in [5.41, 5.74) is 10.3. The molecule has 0 aliphatic heterocycles. The number of rotatable bonds is 3. The second kappa shape index (κ2) is 5.19. The molecular weight excluding hydrogens is 284 g/mol. The minimum Gasteiger partial charge on any atom is -0.369 e. The fourth-order valence-corrected chi connectivity index (χ4v) is 4.84. The molecule has 0 radical (unpaired) electrons. The van der Waals surface area contributed by atoms with E-state index in [1.165, 1.54) is 17.5 Å². The van der Waals surface area contributed by atoms with E-state index in [0.29, 0.717) is 5.92 Å². The second-order valence-electron chi connectivity index (χ2n) is 7.20. The van der Waals surface area contributed by atoms with Crippen LogP contribution >= 0.6 is 0 Å². The fraction of sp³-hybridized carbons (Fsp3) is 0.400. The van der Waals surface area contributed by atoms with Crippen molar-refractivity contribution in [2.45, 2.75) is 38.0 Å². The third-order valence-corrected chi connectivity index (χ3v) is 5.98. The zero-order valence-electron chi connectivity index (χ0n) is 13.5. The summed E-state index contributed by atoms with van der Waals surface area (Å²) in [5.74, 6) is 0.514. The molecule has 2 aromatic rings. The normalized spacial score (nSPS) is 28.9. The number of pyridine rings is 1. The Kier molecular flexibility index (Phi) is 3.26. The fourth-order valence-electron chi connectivity index (χ4n) is 4.84. The van der Waals surface area contributed by atoms with Gasteiger partial charge < -0.3 is 5.73 Å². The highest BCUT2D eigenvalue weighted by atomic mass is 16.1. The van der Waals surface area contributed by atoms with Crippen LogP contribution in [-0.4, -0.2) is 10.9 Å². The number of aryl methyl sites for hydroxylation is 1. The molecular formula is C20H22N2O. The maximum Gasteiger partial charge on any atom is 0.221 e. The molecule has 3 heteroatoms. The number of hydrogen-bond donors (Lipinski definition) is 1. The van der Waals surface area contributed by atoms with Crippen LogP contribution in [0.1, 0.15) is 36.8 Å². The lowest BCUT2D eigenvalue weighted by molar-refractivity contribution is -0.123. The lowest BCUT2D eigenvalue weighted by atomic mass is 9.69. The van der Waals surface area contributed by atoms with E-state index in [2.05, 4.69) is 30.1 Å². The summed E-state index contributed by atoms with van der Waals surface area (Å²) in [6.07, 6.45) is 6.19. The van der Waals surface area contributed by atoms with Crippen LogP contribution in [0, 0.1) is 18.8 Å². The maximum absolute atomic E-state index is 12.0. The molecule has 1 amide bonds. The van der Waals surface area contributed by atoms with Crippen molar-refractivity contribution in [1.29, 1.82) is 0 Å². The molecule has 118 valence electrons. The van der Waals surface area contributed by atoms with Crippen molar-refractivity contribution >= 4 is 5.91 Å². The minimum atomic E-state index is -0.132. The summed E-state index contributed by atoms with van der Waals surface area (Å²) in [6, 6.07) is 12.6. The van der Waals surface area contributed by atoms with E-state index >= 15 is 0 Å². The number of carbonyl (C=O) groups excluding carboxylic acids is 1. The molecule has 2 aliphatic rings. The third kappa shape index (κ3) is 2.18. The van der Waals surface area contributed by atoms with Gasteiger partial charge in [-0.25, -0.2) is 0 Å². The van der Waals surface area contributed by atoms with E-state index in [0.717, 1.165) is 30.5 Å². The molecule has 2 fully saturated rings. The quantitative estimate of drug-likeness (QED) is 0.942. The predicted octanol–water partition coefficient (Wildman–Crippen LogP) is 3.60. The number of nitrogens with two attached hydrogens (primary N) is 1. The smallest absolute Gasteiger partial charge is 0.221 e. The predicted molar refractivity (Wildman–Crippen MR) is 90.7 cm³/mol. The van der Waals surface area contributed by atoms with Crippen LogP contribution < -0.4 is 5.73 Å². The molecule has 4 rings (SSSR count). The topological polar surface area (TPSA) is 56.0 Å². The molecule has 2 saturated carbocycles. The van der Waals surface area contributed by atoms with Crippen LogP contribution in [0.3, 0.4) is 0 Å². The van der Waals surface area contributed by atoms with E-state index in [1.54, 1.807) is 0 Å². The molecule has 2 aliphatic carbocycles. The third-order valence-electron chi connectivity index (χ3n) is 5.98. The first-order chi connectivity index (χ1) is 11.1. The Labute approximate surface area is 136 Å². The highest BCUT2D eigenvalue weighted by Gasteiger charge is 2.55. The highest BCUT2D eigenvalue weighted by Crippen LogP contribution is 2.58. The number of benzene rings is 1. The van der Waals surface area contributed by atoms with Crippen LogP contribution in [0.25, 0.3) is 11.3 Å². The second-order valence-corrected chi connectivity index (χ2v) is 7.20. The lowest BCUT2D eigenvalue weighted by Gasteiger charge is -2.34. The number of fused-ring (bicyclic) bond motifs is 2. The molecule has 0 saturated heterocycles. The number of amides is 1. The summed E-state index contributed by atoms with van der Waals surface area (Å²) >= 11 is 0. The van der Waals surface area contributed by atoms with Gasteiger partial charge in [0.15, 0.2) is 0 Å². The van der Waals surface area contributed by atoms with Crippen molar-refractivity contribution in [3.8, 4) is 11.3 Å². The molecule has 23 heavy (non-hydrogen) atoms. The van der Waals surface area contributed by atoms with Gasteiger partial charge >= 0.3 is 0 Å². The number of carbonyl (C=O) groups is 1. The summed E-state index contributed by atoms with van der Waals surface area (Å²) in [6.45, 7) is 2.11. The van der Waals surface area contributed by atoms with Crippen LogP contribution in [0.4, 0.5) is 0 Å². The van der Waals surface area contributed by atoms with Crippen LogP contribution in [0.2, 0.25) is 0 Å². The van der Waals surface area contributed by atoms with Crippen molar-refractivity contribution in [1.82, 2.24) is 4.98 Å². The van der Waals surface area contributed by atoms with Gasteiger partial charge in [0.05, 0.1) is 5.69 Å². The van der Waals surface area contributed by atoms with Crippen molar-refractivity contribution < 1.29 is 4.79 Å². The van der Waals surface area contributed by atoms with Gasteiger partial charge in [-0.1, -0.05) is 18.2 Å². The molecule has 3 atom stereocenters. The SMILES string of the molecule is Cc1ccc(C23CCC(CC2C(N)=O)C3)cc1-c1ccccn1. The van der Waals surface area contributed by atoms with Crippen molar-refractivity contribution in [2.24, 2.45) is 17.6 Å². The van der Waals surface area contributed by atoms with E-state index in [9.17, 15) is 4.79 Å². The molecule has 1 heterocycles. The number of primary amides is 1. The number of nitrogens with zero attached hydrogens (tertiary/aromatic N) is 1. The molecule has 1 aromatic heterocycles. The first kappa shape index (κ1) is 14.4. The first-order valence-corrected chi connectivity index (χ1v) is 8.42. The zero-order valence-corrected chi connectivity index (χ0v) is 13.5. The average molecular weight is 306 g/mol. The maximum atomic E-state index is 12.0. The zero-order chi connectivity index (χ0) is 16.0. The summed E-state index contributed by atoms with van der Waals surface area (Å²) in [4.78, 5) is 16.5. The Hall–Kier alpha value is -2.16. The summed E-state index contributed by atoms with van der Waals surface area (Å²) in [5, 5.41) is 0. The largest absolute Gasteiger partial charge is 0.369 e. The van der Waals surface area contributed by atoms with Gasteiger partial charge in [0, 0.05) is 23.1 Å². The minimum absolute atomic E-state index is 0.0134. The summed E-state index contributed by atoms with van der Waals surface area (Å²) < 4.78 is 0.